The van der Waals surface area contributed by atoms with Crippen LogP contribution >= 0.6 is 11.3 Å². The number of hydrogen-bond acceptors (Lipinski definition) is 9. The van der Waals surface area contributed by atoms with Crippen molar-refractivity contribution in [3.8, 4) is 22.4 Å². The molecule has 0 radical (unpaired) electrons. The van der Waals surface area contributed by atoms with Gasteiger partial charge in [-0.25, -0.2) is 0 Å². The van der Waals surface area contributed by atoms with Crippen LogP contribution in [0.2, 0.25) is 0 Å². The van der Waals surface area contributed by atoms with E-state index in [-0.39, 0.29) is 17.4 Å². The van der Waals surface area contributed by atoms with Gasteiger partial charge in [0.15, 0.2) is 0 Å². The van der Waals surface area contributed by atoms with Crippen LogP contribution in [0.4, 0.5) is 10.7 Å². The molecule has 0 atom stereocenters. The fourth-order valence-corrected chi connectivity index (χ4v) is 7.56. The molecule has 2 aromatic heterocycles. The fourth-order valence-electron chi connectivity index (χ4n) is 6.27. The van der Waals surface area contributed by atoms with E-state index >= 15 is 0 Å². The van der Waals surface area contributed by atoms with Gasteiger partial charge in [0, 0.05) is 67.8 Å². The maximum absolute atomic E-state index is 13.2. The normalized spacial score (nSPS) is 19.0. The number of amides is 1. The molecule has 10 heteroatoms. The number of nitrogens with zero attached hydrogens (tertiary/aromatic N) is 4. The third-order valence-electron chi connectivity index (χ3n) is 8.26. The van der Waals surface area contributed by atoms with E-state index in [0.29, 0.717) is 19.8 Å². The number of esters is 1. The highest BCUT2D eigenvalue weighted by molar-refractivity contribution is 7.19. The van der Waals surface area contributed by atoms with Gasteiger partial charge in [0.2, 0.25) is 0 Å². The number of morpholine rings is 1. The number of rotatable bonds is 6. The summed E-state index contributed by atoms with van der Waals surface area (Å²) >= 11 is 1.60. The summed E-state index contributed by atoms with van der Waals surface area (Å²) in [5.41, 5.74) is 5.67. The van der Waals surface area contributed by atoms with Crippen molar-refractivity contribution in [1.82, 2.24) is 15.2 Å². The molecular weight excluding hydrogens is 574 g/mol. The molecule has 0 spiro atoms. The summed E-state index contributed by atoms with van der Waals surface area (Å²) < 4.78 is 11.2. The molecule has 44 heavy (non-hydrogen) atoms. The van der Waals surface area contributed by atoms with Gasteiger partial charge in [-0.1, -0.05) is 12.1 Å². The molecule has 3 aliphatic rings. The molecule has 3 aliphatic heterocycles. The Morgan fingerprint density at radius 2 is 1.77 bits per heavy atom. The van der Waals surface area contributed by atoms with E-state index < -0.39 is 5.60 Å². The van der Waals surface area contributed by atoms with Crippen LogP contribution in [-0.2, 0) is 20.7 Å². The van der Waals surface area contributed by atoms with Gasteiger partial charge in [-0.3, -0.25) is 19.5 Å². The summed E-state index contributed by atoms with van der Waals surface area (Å²) in [4.78, 5) is 38.0. The van der Waals surface area contributed by atoms with Crippen LogP contribution in [0.15, 0.2) is 42.6 Å². The first-order valence-corrected chi connectivity index (χ1v) is 16.3. The molecule has 0 unspecified atom stereocenters. The molecule has 5 heterocycles. The Morgan fingerprint density at radius 3 is 2.50 bits per heavy atom. The second kappa shape index (κ2) is 12.1. The van der Waals surface area contributed by atoms with Crippen molar-refractivity contribution in [1.29, 1.82) is 0 Å². The van der Waals surface area contributed by atoms with E-state index in [0.717, 1.165) is 89.2 Å². The van der Waals surface area contributed by atoms with Gasteiger partial charge in [0.05, 0.1) is 30.3 Å². The highest BCUT2D eigenvalue weighted by atomic mass is 32.1. The number of carbonyl (C=O) groups excluding carboxylic acids is 2. The molecule has 3 aromatic rings. The molecule has 0 saturated carbocycles. The van der Waals surface area contributed by atoms with Crippen LogP contribution in [0.1, 0.15) is 49.9 Å². The number of thiophene rings is 1. The van der Waals surface area contributed by atoms with Crippen molar-refractivity contribution in [3.05, 3.63) is 53.0 Å². The Hall–Kier alpha value is -3.47. The first-order valence-electron chi connectivity index (χ1n) is 15.5. The average molecular weight is 618 g/mol. The number of hydrogen-bond donors (Lipinski definition) is 1. The van der Waals surface area contributed by atoms with Crippen molar-refractivity contribution in [2.75, 3.05) is 68.8 Å². The van der Waals surface area contributed by atoms with E-state index in [2.05, 4.69) is 70.3 Å². The summed E-state index contributed by atoms with van der Waals surface area (Å²) in [6, 6.07) is 12.8. The number of piperazine rings is 1. The second-order valence-electron chi connectivity index (χ2n) is 13.5. The molecule has 2 saturated heterocycles. The number of fused-ring (bicyclic) bond motifs is 1. The molecule has 2 fully saturated rings. The molecule has 1 N–H and O–H groups in total. The van der Waals surface area contributed by atoms with Crippen LogP contribution in [-0.4, -0.2) is 91.9 Å². The topological polar surface area (TPSA) is 87.2 Å². The van der Waals surface area contributed by atoms with E-state index in [1.165, 1.54) is 0 Å². The number of anilines is 2. The highest BCUT2D eigenvalue weighted by Gasteiger charge is 2.36. The molecule has 1 aromatic carbocycles. The Kier molecular flexibility index (Phi) is 8.43. The summed E-state index contributed by atoms with van der Waals surface area (Å²) in [6.45, 7) is 16.4. The summed E-state index contributed by atoms with van der Waals surface area (Å²) in [6.07, 6.45) is 2.66. The largest absolute Gasteiger partial charge is 0.459 e. The smallest absolute Gasteiger partial charge is 0.320 e. The maximum atomic E-state index is 13.2. The molecule has 234 valence electrons. The van der Waals surface area contributed by atoms with Crippen molar-refractivity contribution < 1.29 is 19.1 Å². The van der Waals surface area contributed by atoms with Crippen LogP contribution in [0.3, 0.4) is 0 Å². The van der Waals surface area contributed by atoms with Gasteiger partial charge < -0.3 is 24.6 Å². The minimum absolute atomic E-state index is 0.00943. The zero-order valence-electron chi connectivity index (χ0n) is 26.4. The van der Waals surface area contributed by atoms with Crippen LogP contribution in [0, 0.1) is 0 Å². The van der Waals surface area contributed by atoms with Gasteiger partial charge in [0.1, 0.15) is 10.6 Å². The lowest BCUT2D eigenvalue weighted by Crippen LogP contribution is -2.48. The van der Waals surface area contributed by atoms with Gasteiger partial charge >= 0.3 is 5.97 Å². The first-order chi connectivity index (χ1) is 21.0. The Labute approximate surface area is 264 Å². The number of nitrogens with one attached hydrogen (secondary N) is 1. The van der Waals surface area contributed by atoms with E-state index in [1.807, 2.05) is 27.0 Å². The predicted molar refractivity (Wildman–Crippen MR) is 176 cm³/mol. The van der Waals surface area contributed by atoms with Gasteiger partial charge in [-0.2, -0.15) is 0 Å². The van der Waals surface area contributed by atoms with Gasteiger partial charge in [-0.15, -0.1) is 11.3 Å². The lowest BCUT2D eigenvalue weighted by Gasteiger charge is -2.36. The maximum Gasteiger partial charge on any atom is 0.320 e. The standard InChI is InChI=1S/C34H43N5O4S/c1-33(2,3)43-28(40)22-37-11-13-38(14-12-37)25-8-6-7-23(19-25)27-20-24(9-10-35-27)29-26-21-34(4,5)36-31(41)30(26)44-32(29)39-15-17-42-18-16-39/h6-10,19-20H,11-18,21-22H2,1-5H3,(H,36,41). The lowest BCUT2D eigenvalue weighted by molar-refractivity contribution is -0.156. The van der Waals surface area contributed by atoms with Crippen molar-refractivity contribution in [3.63, 3.8) is 0 Å². The molecule has 1 amide bonds. The van der Waals surface area contributed by atoms with Crippen LogP contribution in [0.5, 0.6) is 0 Å². The first kappa shape index (κ1) is 30.6. The zero-order valence-corrected chi connectivity index (χ0v) is 27.3. The van der Waals surface area contributed by atoms with E-state index in [4.69, 9.17) is 14.5 Å². The Balaban J connectivity index is 1.25. The van der Waals surface area contributed by atoms with Crippen molar-refractivity contribution in [2.45, 2.75) is 52.2 Å². The van der Waals surface area contributed by atoms with Crippen molar-refractivity contribution in [2.24, 2.45) is 0 Å². The number of ether oxygens (including phenoxy) is 2. The lowest BCUT2D eigenvalue weighted by atomic mass is 9.87. The molecular formula is C34H43N5O4S. The average Bonchev–Trinajstić information content (AvgIpc) is 3.36. The van der Waals surface area contributed by atoms with E-state index in [1.54, 1.807) is 11.3 Å². The van der Waals surface area contributed by atoms with Crippen molar-refractivity contribution >= 4 is 33.9 Å². The summed E-state index contributed by atoms with van der Waals surface area (Å²) in [5, 5.41) is 4.33. The number of carbonyl (C=O) groups is 2. The Morgan fingerprint density at radius 1 is 1.02 bits per heavy atom. The van der Waals surface area contributed by atoms with Crippen LogP contribution in [0.25, 0.3) is 22.4 Å². The minimum Gasteiger partial charge on any atom is -0.459 e. The number of aromatic nitrogens is 1. The molecule has 0 bridgehead atoms. The summed E-state index contributed by atoms with van der Waals surface area (Å²) in [7, 11) is 0. The monoisotopic (exact) mass is 617 g/mol. The fraction of sp³-hybridized carbons (Fsp3) is 0.500. The molecule has 0 aliphatic carbocycles. The third kappa shape index (κ3) is 6.77. The van der Waals surface area contributed by atoms with Gasteiger partial charge in [-0.05, 0) is 76.4 Å². The molecule has 6 rings (SSSR count). The zero-order chi connectivity index (χ0) is 31.1. The predicted octanol–water partition coefficient (Wildman–Crippen LogP) is 4.84. The number of pyridine rings is 1. The third-order valence-corrected chi connectivity index (χ3v) is 9.56. The quantitative estimate of drug-likeness (QED) is 0.394. The highest BCUT2D eigenvalue weighted by Crippen LogP contribution is 2.46. The van der Waals surface area contributed by atoms with E-state index in [9.17, 15) is 9.59 Å². The SMILES string of the molecule is CC1(C)Cc2c(sc(N3CCOCC3)c2-c2ccnc(-c3cccc(N4CCN(CC(=O)OC(C)(C)C)CC4)c3)c2)C(=O)N1. The summed E-state index contributed by atoms with van der Waals surface area (Å²) in [5.74, 6) is -0.165. The minimum atomic E-state index is -0.469. The second-order valence-corrected chi connectivity index (χ2v) is 14.5. The Bertz CT molecular complexity index is 1530. The number of benzene rings is 1. The molecule has 9 nitrogen and oxygen atoms in total. The van der Waals surface area contributed by atoms with Crippen LogP contribution < -0.4 is 15.1 Å². The van der Waals surface area contributed by atoms with Gasteiger partial charge in [0.25, 0.3) is 5.91 Å².